The van der Waals surface area contributed by atoms with Gasteiger partial charge in [0.1, 0.15) is 0 Å². The summed E-state index contributed by atoms with van der Waals surface area (Å²) in [4.78, 5) is 25.7. The quantitative estimate of drug-likeness (QED) is 0.847. The lowest BCUT2D eigenvalue weighted by molar-refractivity contribution is -0.141. The number of aliphatic carboxylic acids is 1. The molecular formula is C15H19NO3S. The Morgan fingerprint density at radius 1 is 1.35 bits per heavy atom. The molecule has 0 radical (unpaired) electrons. The first-order valence-corrected chi connectivity index (χ1v) is 7.75. The highest BCUT2D eigenvalue weighted by atomic mass is 32.2. The van der Waals surface area contributed by atoms with Crippen LogP contribution < -0.4 is 0 Å². The Kier molecular flexibility index (Phi) is 5.06. The van der Waals surface area contributed by atoms with Crippen LogP contribution in [0.1, 0.15) is 18.4 Å². The van der Waals surface area contributed by atoms with Crippen molar-refractivity contribution in [2.75, 3.05) is 18.8 Å². The molecule has 1 unspecified atom stereocenters. The zero-order chi connectivity index (χ0) is 14.5. The molecule has 0 bridgehead atoms. The van der Waals surface area contributed by atoms with E-state index >= 15 is 0 Å². The van der Waals surface area contributed by atoms with Gasteiger partial charge in [-0.1, -0.05) is 17.7 Å². The Hall–Kier alpha value is -1.49. The minimum absolute atomic E-state index is 0.0633. The van der Waals surface area contributed by atoms with E-state index in [0.29, 0.717) is 25.9 Å². The molecule has 0 aromatic heterocycles. The molecule has 5 heteroatoms. The summed E-state index contributed by atoms with van der Waals surface area (Å²) in [5, 5.41) is 8.92. The fourth-order valence-electron chi connectivity index (χ4n) is 2.24. The molecule has 1 aliphatic rings. The molecular weight excluding hydrogens is 274 g/mol. The van der Waals surface area contributed by atoms with Gasteiger partial charge in [-0.15, -0.1) is 11.8 Å². The van der Waals surface area contributed by atoms with E-state index in [0.717, 1.165) is 10.6 Å². The monoisotopic (exact) mass is 293 g/mol. The number of nitrogens with zero attached hydrogens (tertiary/aromatic N) is 1. The van der Waals surface area contributed by atoms with Gasteiger partial charge >= 0.3 is 5.97 Å². The van der Waals surface area contributed by atoms with Crippen molar-refractivity contribution in [2.24, 2.45) is 5.92 Å². The van der Waals surface area contributed by atoms with Crippen LogP contribution in [-0.4, -0.2) is 40.7 Å². The third kappa shape index (κ3) is 4.00. The predicted molar refractivity (Wildman–Crippen MR) is 78.8 cm³/mol. The van der Waals surface area contributed by atoms with Crippen molar-refractivity contribution in [2.45, 2.75) is 24.7 Å². The van der Waals surface area contributed by atoms with Crippen LogP contribution >= 0.6 is 11.8 Å². The number of carbonyl (C=O) groups excluding carboxylic acids is 1. The molecule has 1 N–H and O–H groups in total. The molecule has 1 aliphatic heterocycles. The Morgan fingerprint density at radius 2 is 2.05 bits per heavy atom. The summed E-state index contributed by atoms with van der Waals surface area (Å²) in [6, 6.07) is 8.23. The van der Waals surface area contributed by atoms with Crippen LogP contribution in [0.3, 0.4) is 0 Å². The number of carboxylic acid groups (broad SMARTS) is 1. The van der Waals surface area contributed by atoms with Gasteiger partial charge in [0.15, 0.2) is 0 Å². The highest BCUT2D eigenvalue weighted by Gasteiger charge is 2.30. The normalized spacial score (nSPS) is 18.2. The van der Waals surface area contributed by atoms with E-state index in [1.54, 1.807) is 16.7 Å². The van der Waals surface area contributed by atoms with Gasteiger partial charge in [0.25, 0.3) is 0 Å². The fourth-order valence-corrected chi connectivity index (χ4v) is 3.08. The number of carboxylic acids is 1. The summed E-state index contributed by atoms with van der Waals surface area (Å²) >= 11 is 1.66. The van der Waals surface area contributed by atoms with Gasteiger partial charge in [0.05, 0.1) is 5.92 Å². The second-order valence-electron chi connectivity index (χ2n) is 5.08. The van der Waals surface area contributed by atoms with Crippen LogP contribution in [0.5, 0.6) is 0 Å². The summed E-state index contributed by atoms with van der Waals surface area (Å²) in [5.41, 5.74) is 1.22. The van der Waals surface area contributed by atoms with Gasteiger partial charge < -0.3 is 10.0 Å². The maximum atomic E-state index is 12.0. The third-order valence-electron chi connectivity index (χ3n) is 3.50. The number of aryl methyl sites for hydroxylation is 1. The standard InChI is InChI=1S/C15H19NO3S/c1-11-2-4-13(5-3-11)20-9-7-14(17)16-8-6-12(10-16)15(18)19/h2-5,12H,6-10H2,1H3,(H,18,19). The van der Waals surface area contributed by atoms with Crippen molar-refractivity contribution in [1.29, 1.82) is 0 Å². The Morgan fingerprint density at radius 3 is 2.65 bits per heavy atom. The van der Waals surface area contributed by atoms with Gasteiger partial charge in [-0.3, -0.25) is 9.59 Å². The van der Waals surface area contributed by atoms with Crippen LogP contribution in [0.25, 0.3) is 0 Å². The summed E-state index contributed by atoms with van der Waals surface area (Å²) < 4.78 is 0. The number of hydrogen-bond acceptors (Lipinski definition) is 3. The number of thioether (sulfide) groups is 1. The number of hydrogen-bond donors (Lipinski definition) is 1. The van der Waals surface area contributed by atoms with E-state index in [-0.39, 0.29) is 11.8 Å². The smallest absolute Gasteiger partial charge is 0.308 e. The SMILES string of the molecule is Cc1ccc(SCCC(=O)N2CCC(C(=O)O)C2)cc1. The van der Waals surface area contributed by atoms with Gasteiger partial charge in [-0.25, -0.2) is 0 Å². The maximum absolute atomic E-state index is 12.0. The van der Waals surface area contributed by atoms with Crippen molar-refractivity contribution >= 4 is 23.6 Å². The molecule has 1 saturated heterocycles. The van der Waals surface area contributed by atoms with Crippen LogP contribution in [0, 0.1) is 12.8 Å². The largest absolute Gasteiger partial charge is 0.481 e. The van der Waals surface area contributed by atoms with E-state index in [9.17, 15) is 9.59 Å². The molecule has 1 aromatic carbocycles. The zero-order valence-corrected chi connectivity index (χ0v) is 12.4. The number of likely N-dealkylation sites (tertiary alicyclic amines) is 1. The van der Waals surface area contributed by atoms with Crippen LogP contribution in [0.4, 0.5) is 0 Å². The Balaban J connectivity index is 1.73. The van der Waals surface area contributed by atoms with Crippen LogP contribution in [-0.2, 0) is 9.59 Å². The minimum Gasteiger partial charge on any atom is -0.481 e. The second-order valence-corrected chi connectivity index (χ2v) is 6.24. The molecule has 2 rings (SSSR count). The van der Waals surface area contributed by atoms with Crippen molar-refractivity contribution in [3.8, 4) is 0 Å². The van der Waals surface area contributed by atoms with Crippen molar-refractivity contribution < 1.29 is 14.7 Å². The summed E-state index contributed by atoms with van der Waals surface area (Å²) in [7, 11) is 0. The zero-order valence-electron chi connectivity index (χ0n) is 11.5. The molecule has 1 amide bonds. The minimum atomic E-state index is -0.797. The van der Waals surface area contributed by atoms with Crippen molar-refractivity contribution in [3.05, 3.63) is 29.8 Å². The second kappa shape index (κ2) is 6.79. The molecule has 0 saturated carbocycles. The first kappa shape index (κ1) is 14.9. The third-order valence-corrected chi connectivity index (χ3v) is 4.51. The fraction of sp³-hybridized carbons (Fsp3) is 0.467. The number of carbonyl (C=O) groups is 2. The molecule has 0 spiro atoms. The summed E-state index contributed by atoms with van der Waals surface area (Å²) in [5.74, 6) is -0.387. The van der Waals surface area contributed by atoms with Crippen molar-refractivity contribution in [3.63, 3.8) is 0 Å². The highest BCUT2D eigenvalue weighted by Crippen LogP contribution is 2.21. The molecule has 1 heterocycles. The van der Waals surface area contributed by atoms with E-state index in [4.69, 9.17) is 5.11 Å². The maximum Gasteiger partial charge on any atom is 0.308 e. The average molecular weight is 293 g/mol. The summed E-state index contributed by atoms with van der Waals surface area (Å²) in [6.45, 7) is 2.98. The first-order chi connectivity index (χ1) is 9.56. The molecule has 0 aliphatic carbocycles. The molecule has 108 valence electrons. The van der Waals surface area contributed by atoms with E-state index < -0.39 is 5.97 Å². The van der Waals surface area contributed by atoms with Gasteiger partial charge in [-0.05, 0) is 25.5 Å². The lowest BCUT2D eigenvalue weighted by Crippen LogP contribution is -2.30. The molecule has 20 heavy (non-hydrogen) atoms. The van der Waals surface area contributed by atoms with Crippen molar-refractivity contribution in [1.82, 2.24) is 4.90 Å². The lowest BCUT2D eigenvalue weighted by atomic mass is 10.1. The Labute approximate surface area is 123 Å². The van der Waals surface area contributed by atoms with Gasteiger partial charge in [0.2, 0.25) is 5.91 Å². The average Bonchev–Trinajstić information content (AvgIpc) is 2.91. The topological polar surface area (TPSA) is 57.6 Å². The molecule has 1 aromatic rings. The lowest BCUT2D eigenvalue weighted by Gasteiger charge is -2.15. The highest BCUT2D eigenvalue weighted by molar-refractivity contribution is 7.99. The number of benzene rings is 1. The summed E-state index contributed by atoms with van der Waals surface area (Å²) in [6.07, 6.45) is 1.04. The molecule has 1 atom stereocenters. The van der Waals surface area contributed by atoms with E-state index in [1.807, 2.05) is 6.92 Å². The van der Waals surface area contributed by atoms with Gasteiger partial charge in [-0.2, -0.15) is 0 Å². The van der Waals surface area contributed by atoms with E-state index in [1.165, 1.54) is 5.56 Å². The number of rotatable bonds is 5. The predicted octanol–water partition coefficient (Wildman–Crippen LogP) is 2.41. The molecule has 1 fully saturated rings. The van der Waals surface area contributed by atoms with Crippen LogP contribution in [0.2, 0.25) is 0 Å². The Bertz CT molecular complexity index is 486. The first-order valence-electron chi connectivity index (χ1n) is 6.76. The molecule has 4 nitrogen and oxygen atoms in total. The number of amides is 1. The van der Waals surface area contributed by atoms with Gasteiger partial charge in [0, 0.05) is 30.2 Å². The van der Waals surface area contributed by atoms with E-state index in [2.05, 4.69) is 24.3 Å². The van der Waals surface area contributed by atoms with Crippen LogP contribution in [0.15, 0.2) is 29.2 Å².